The normalized spacial score (nSPS) is 14.5. The Bertz CT molecular complexity index is 1100. The van der Waals surface area contributed by atoms with Gasteiger partial charge in [-0.1, -0.05) is 29.8 Å². The lowest BCUT2D eigenvalue weighted by molar-refractivity contribution is -0.137. The molecule has 0 saturated carbocycles. The van der Waals surface area contributed by atoms with Crippen molar-refractivity contribution in [3.05, 3.63) is 76.6 Å². The van der Waals surface area contributed by atoms with Gasteiger partial charge in [0.25, 0.3) is 0 Å². The highest BCUT2D eigenvalue weighted by atomic mass is 16.2. The fourth-order valence-corrected chi connectivity index (χ4v) is 3.53. The van der Waals surface area contributed by atoms with Crippen molar-refractivity contribution in [1.82, 2.24) is 9.47 Å². The molecule has 1 saturated heterocycles. The number of nitrogens with zero attached hydrogens (tertiary/aromatic N) is 3. The van der Waals surface area contributed by atoms with Gasteiger partial charge in [0.15, 0.2) is 5.43 Å². The fraction of sp³-hybridized carbons (Fsp3) is 0.227. The summed E-state index contributed by atoms with van der Waals surface area (Å²) in [7, 11) is 0. The van der Waals surface area contributed by atoms with Crippen LogP contribution in [0.5, 0.6) is 0 Å². The number of hydrogen-bond donors (Lipinski definition) is 0. The van der Waals surface area contributed by atoms with Crippen LogP contribution in [0.15, 0.2) is 65.6 Å². The van der Waals surface area contributed by atoms with Crippen LogP contribution >= 0.6 is 0 Å². The van der Waals surface area contributed by atoms with Crippen LogP contribution in [0.3, 0.4) is 0 Å². The van der Waals surface area contributed by atoms with E-state index in [-0.39, 0.29) is 30.3 Å². The van der Waals surface area contributed by atoms with Crippen LogP contribution in [0, 0.1) is 6.92 Å². The minimum Gasteiger partial charge on any atom is -0.338 e. The molecule has 0 radical (unpaired) electrons. The molecule has 142 valence electrons. The highest BCUT2D eigenvalue weighted by Crippen LogP contribution is 2.18. The summed E-state index contributed by atoms with van der Waals surface area (Å²) < 4.78 is 1.76. The maximum absolute atomic E-state index is 12.8. The summed E-state index contributed by atoms with van der Waals surface area (Å²) in [5.41, 5.74) is 2.64. The van der Waals surface area contributed by atoms with E-state index in [2.05, 4.69) is 0 Å². The molecule has 1 aromatic heterocycles. The quantitative estimate of drug-likeness (QED) is 0.705. The zero-order valence-corrected chi connectivity index (χ0v) is 15.7. The maximum atomic E-state index is 12.8. The molecule has 1 aliphatic heterocycles. The Balaban J connectivity index is 1.49. The number of amides is 2. The summed E-state index contributed by atoms with van der Waals surface area (Å²) in [4.78, 5) is 40.7. The predicted molar refractivity (Wildman–Crippen MR) is 108 cm³/mol. The number of carbonyl (C=O) groups excluding carboxylic acids is 2. The summed E-state index contributed by atoms with van der Waals surface area (Å²) in [6.45, 7) is 3.11. The van der Waals surface area contributed by atoms with E-state index in [9.17, 15) is 14.4 Å². The molecule has 2 aromatic carbocycles. The molecule has 28 heavy (non-hydrogen) atoms. The van der Waals surface area contributed by atoms with Gasteiger partial charge in [0.1, 0.15) is 13.1 Å². The van der Waals surface area contributed by atoms with Crippen molar-refractivity contribution in [2.45, 2.75) is 13.5 Å². The third-order valence-corrected chi connectivity index (χ3v) is 5.11. The minimum atomic E-state index is -0.134. The second kappa shape index (κ2) is 7.31. The van der Waals surface area contributed by atoms with Gasteiger partial charge in [0, 0.05) is 36.4 Å². The van der Waals surface area contributed by atoms with E-state index in [1.54, 1.807) is 32.7 Å². The number of rotatable bonds is 3. The van der Waals surface area contributed by atoms with E-state index in [4.69, 9.17) is 0 Å². The molecule has 4 rings (SSSR count). The van der Waals surface area contributed by atoms with Gasteiger partial charge in [0.2, 0.25) is 11.8 Å². The van der Waals surface area contributed by atoms with Crippen molar-refractivity contribution in [2.75, 3.05) is 24.5 Å². The second-order valence-corrected chi connectivity index (χ2v) is 7.02. The largest absolute Gasteiger partial charge is 0.338 e. The van der Waals surface area contributed by atoms with E-state index in [0.717, 1.165) is 11.3 Å². The smallest absolute Gasteiger partial charge is 0.246 e. The molecule has 0 aliphatic carbocycles. The van der Waals surface area contributed by atoms with Crippen molar-refractivity contribution in [2.24, 2.45) is 0 Å². The number of anilines is 1. The van der Waals surface area contributed by atoms with Crippen LogP contribution in [0.2, 0.25) is 0 Å². The first kappa shape index (κ1) is 18.0. The number of pyridine rings is 1. The average molecular weight is 375 g/mol. The van der Waals surface area contributed by atoms with Crippen molar-refractivity contribution in [3.63, 3.8) is 0 Å². The number of para-hydroxylation sites is 1. The Hall–Kier alpha value is -3.41. The molecule has 1 aliphatic rings. The van der Waals surface area contributed by atoms with E-state index in [1.165, 1.54) is 6.07 Å². The minimum absolute atomic E-state index is 0.0604. The van der Waals surface area contributed by atoms with E-state index < -0.39 is 0 Å². The van der Waals surface area contributed by atoms with Crippen LogP contribution in [-0.4, -0.2) is 40.9 Å². The number of fused-ring (bicyclic) bond motifs is 1. The van der Waals surface area contributed by atoms with Crippen LogP contribution in [0.1, 0.15) is 5.56 Å². The predicted octanol–water partition coefficient (Wildman–Crippen LogP) is 2.19. The van der Waals surface area contributed by atoms with E-state index >= 15 is 0 Å². The third kappa shape index (κ3) is 3.41. The number of hydrogen-bond acceptors (Lipinski definition) is 3. The van der Waals surface area contributed by atoms with Gasteiger partial charge in [-0.05, 0) is 31.2 Å². The molecule has 2 heterocycles. The molecule has 6 nitrogen and oxygen atoms in total. The van der Waals surface area contributed by atoms with Gasteiger partial charge in [-0.25, -0.2) is 0 Å². The molecule has 1 fully saturated rings. The number of benzene rings is 2. The monoisotopic (exact) mass is 375 g/mol. The molecular formula is C22H21N3O3. The number of piperazine rings is 1. The van der Waals surface area contributed by atoms with Crippen LogP contribution in [0.4, 0.5) is 5.69 Å². The Labute approximate surface area is 162 Å². The molecule has 0 bridgehead atoms. The molecular weight excluding hydrogens is 354 g/mol. The van der Waals surface area contributed by atoms with Crippen LogP contribution in [0.25, 0.3) is 10.9 Å². The molecule has 0 unspecified atom stereocenters. The van der Waals surface area contributed by atoms with E-state index in [1.807, 2.05) is 43.3 Å². The van der Waals surface area contributed by atoms with E-state index in [0.29, 0.717) is 24.0 Å². The summed E-state index contributed by atoms with van der Waals surface area (Å²) >= 11 is 0. The Morgan fingerprint density at radius 2 is 1.71 bits per heavy atom. The van der Waals surface area contributed by atoms with Gasteiger partial charge < -0.3 is 14.4 Å². The topological polar surface area (TPSA) is 62.6 Å². The first-order valence-electron chi connectivity index (χ1n) is 9.26. The molecule has 0 spiro atoms. The van der Waals surface area contributed by atoms with Gasteiger partial charge in [-0.2, -0.15) is 0 Å². The summed E-state index contributed by atoms with van der Waals surface area (Å²) in [6, 6.07) is 16.5. The molecule has 2 amide bonds. The second-order valence-electron chi connectivity index (χ2n) is 7.02. The molecule has 0 atom stereocenters. The Morgan fingerprint density at radius 1 is 0.964 bits per heavy atom. The van der Waals surface area contributed by atoms with Crippen LogP contribution < -0.4 is 10.3 Å². The molecule has 0 N–H and O–H groups in total. The zero-order chi connectivity index (χ0) is 19.7. The highest BCUT2D eigenvalue weighted by molar-refractivity contribution is 5.98. The SMILES string of the molecule is Cc1ccc(N2CCN(C(=O)Cn3ccc(=O)c4ccccc43)CC2=O)cc1. The van der Waals surface area contributed by atoms with Crippen molar-refractivity contribution < 1.29 is 9.59 Å². The molecule has 6 heteroatoms. The Kier molecular flexibility index (Phi) is 4.69. The van der Waals surface area contributed by atoms with Gasteiger partial charge in [0.05, 0.1) is 5.52 Å². The van der Waals surface area contributed by atoms with Gasteiger partial charge >= 0.3 is 0 Å². The van der Waals surface area contributed by atoms with Crippen molar-refractivity contribution in [1.29, 1.82) is 0 Å². The number of carbonyl (C=O) groups is 2. The third-order valence-electron chi connectivity index (χ3n) is 5.11. The maximum Gasteiger partial charge on any atom is 0.246 e. The lowest BCUT2D eigenvalue weighted by atomic mass is 10.2. The van der Waals surface area contributed by atoms with Gasteiger partial charge in [-0.15, -0.1) is 0 Å². The summed E-state index contributed by atoms with van der Waals surface area (Å²) in [5.74, 6) is -0.223. The average Bonchev–Trinajstić information content (AvgIpc) is 2.71. The van der Waals surface area contributed by atoms with Gasteiger partial charge in [-0.3, -0.25) is 14.4 Å². The zero-order valence-electron chi connectivity index (χ0n) is 15.7. The molecule has 3 aromatic rings. The highest BCUT2D eigenvalue weighted by Gasteiger charge is 2.28. The summed E-state index contributed by atoms with van der Waals surface area (Å²) in [6.07, 6.45) is 1.63. The lowest BCUT2D eigenvalue weighted by Crippen LogP contribution is -2.53. The summed E-state index contributed by atoms with van der Waals surface area (Å²) in [5, 5.41) is 0.582. The standard InChI is InChI=1S/C22H21N3O3/c1-16-6-8-17(9-7-16)25-13-12-24(15-22(25)28)21(27)14-23-11-10-20(26)18-4-2-3-5-19(18)23/h2-11H,12-15H2,1H3. The fourth-order valence-electron chi connectivity index (χ4n) is 3.53. The van der Waals surface area contributed by atoms with Crippen LogP contribution in [-0.2, 0) is 16.1 Å². The number of aryl methyl sites for hydroxylation is 1. The van der Waals surface area contributed by atoms with Crippen molar-refractivity contribution in [3.8, 4) is 0 Å². The number of aromatic nitrogens is 1. The lowest BCUT2D eigenvalue weighted by Gasteiger charge is -2.34. The first-order chi connectivity index (χ1) is 13.5. The van der Waals surface area contributed by atoms with Crippen molar-refractivity contribution >= 4 is 28.4 Å². The first-order valence-corrected chi connectivity index (χ1v) is 9.26. The Morgan fingerprint density at radius 3 is 2.46 bits per heavy atom.